The van der Waals surface area contributed by atoms with Crippen LogP contribution in [0.1, 0.15) is 11.1 Å². The number of rotatable bonds is 5. The number of ether oxygens (including phenoxy) is 1. The molecule has 100 valence electrons. The molecule has 0 aliphatic heterocycles. The lowest BCUT2D eigenvalue weighted by Crippen LogP contribution is -2.17. The lowest BCUT2D eigenvalue weighted by molar-refractivity contribution is -0.137. The molecule has 0 atom stereocenters. The second-order valence-electron chi connectivity index (χ2n) is 3.74. The van der Waals surface area contributed by atoms with E-state index >= 15 is 0 Å². The summed E-state index contributed by atoms with van der Waals surface area (Å²) < 4.78 is 42.2. The predicted octanol–water partition coefficient (Wildman–Crippen LogP) is 2.25. The van der Waals surface area contributed by atoms with E-state index < -0.39 is 11.7 Å². The summed E-state index contributed by atoms with van der Waals surface area (Å²) in [5.74, 6) is 0.298. The van der Waals surface area contributed by atoms with Crippen molar-refractivity contribution in [3.63, 3.8) is 0 Å². The molecule has 0 saturated heterocycles. The van der Waals surface area contributed by atoms with Gasteiger partial charge < -0.3 is 10.5 Å². The summed E-state index contributed by atoms with van der Waals surface area (Å²) in [5.41, 5.74) is 5.43. The number of hydrogen-bond donors (Lipinski definition) is 1. The number of halogens is 3. The highest BCUT2D eigenvalue weighted by Gasteiger charge is 2.30. The zero-order valence-electron chi connectivity index (χ0n) is 10.00. The monoisotopic (exact) mass is 260 g/mol. The molecule has 0 bridgehead atoms. The maximum Gasteiger partial charge on any atom is 0.416 e. The van der Waals surface area contributed by atoms with Crippen molar-refractivity contribution < 1.29 is 17.9 Å². The molecule has 18 heavy (non-hydrogen) atoms. The van der Waals surface area contributed by atoms with Crippen molar-refractivity contribution in [2.24, 2.45) is 10.7 Å². The van der Waals surface area contributed by atoms with Gasteiger partial charge in [-0.2, -0.15) is 13.2 Å². The Morgan fingerprint density at radius 1 is 1.39 bits per heavy atom. The normalized spacial score (nSPS) is 12.8. The molecule has 1 aromatic carbocycles. The van der Waals surface area contributed by atoms with Crippen molar-refractivity contribution in [1.29, 1.82) is 0 Å². The highest BCUT2D eigenvalue weighted by molar-refractivity contribution is 5.82. The highest BCUT2D eigenvalue weighted by Crippen LogP contribution is 2.29. The largest absolute Gasteiger partial charge is 0.416 e. The molecule has 0 aliphatic rings. The minimum absolute atomic E-state index is 0.202. The number of methoxy groups -OCH3 is 1. The van der Waals surface area contributed by atoms with Gasteiger partial charge in [0.15, 0.2) is 0 Å². The fourth-order valence-electron chi connectivity index (χ4n) is 1.40. The molecule has 0 spiro atoms. The van der Waals surface area contributed by atoms with Gasteiger partial charge in [-0.3, -0.25) is 4.99 Å². The van der Waals surface area contributed by atoms with Crippen LogP contribution >= 0.6 is 0 Å². The lowest BCUT2D eigenvalue weighted by Gasteiger charge is -2.08. The van der Waals surface area contributed by atoms with Gasteiger partial charge in [0.2, 0.25) is 0 Å². The first-order valence-electron chi connectivity index (χ1n) is 5.37. The smallest absolute Gasteiger partial charge is 0.387 e. The van der Waals surface area contributed by atoms with Crippen molar-refractivity contribution in [2.75, 3.05) is 20.3 Å². The van der Waals surface area contributed by atoms with Crippen molar-refractivity contribution >= 4 is 5.84 Å². The van der Waals surface area contributed by atoms with Crippen molar-refractivity contribution in [3.8, 4) is 0 Å². The first-order chi connectivity index (χ1) is 8.43. The van der Waals surface area contributed by atoms with Gasteiger partial charge in [0, 0.05) is 13.5 Å². The summed E-state index contributed by atoms with van der Waals surface area (Å²) in [7, 11) is 1.54. The number of nitrogens with zero attached hydrogens (tertiary/aromatic N) is 1. The topological polar surface area (TPSA) is 47.6 Å². The fourth-order valence-corrected chi connectivity index (χ4v) is 1.40. The third kappa shape index (κ3) is 4.75. The van der Waals surface area contributed by atoms with Gasteiger partial charge in [0.1, 0.15) is 0 Å². The highest BCUT2D eigenvalue weighted by atomic mass is 19.4. The van der Waals surface area contributed by atoms with Crippen LogP contribution in [-0.4, -0.2) is 26.1 Å². The van der Waals surface area contributed by atoms with Gasteiger partial charge in [-0.05, 0) is 11.6 Å². The standard InChI is InChI=1S/C12H15F3N2O/c1-18-6-5-17-11(16)8-9-3-2-4-10(7-9)12(13,14)15/h2-4,7H,5-6,8H2,1H3,(H2,16,17). The SMILES string of the molecule is COCCN=C(N)Cc1cccc(C(F)(F)F)c1. The van der Waals surface area contributed by atoms with Gasteiger partial charge in [-0.25, -0.2) is 0 Å². The van der Waals surface area contributed by atoms with E-state index in [0.29, 0.717) is 24.6 Å². The molecule has 1 rings (SSSR count). The molecule has 2 N–H and O–H groups in total. The van der Waals surface area contributed by atoms with Crippen molar-refractivity contribution in [3.05, 3.63) is 35.4 Å². The third-order valence-electron chi connectivity index (χ3n) is 2.25. The van der Waals surface area contributed by atoms with Crippen molar-refractivity contribution in [1.82, 2.24) is 0 Å². The Morgan fingerprint density at radius 2 is 2.11 bits per heavy atom. The number of benzene rings is 1. The molecule has 0 unspecified atom stereocenters. The molecule has 1 aromatic rings. The molecular weight excluding hydrogens is 245 g/mol. The van der Waals surface area contributed by atoms with E-state index in [1.165, 1.54) is 6.07 Å². The van der Waals surface area contributed by atoms with Crippen LogP contribution in [0.3, 0.4) is 0 Å². The van der Waals surface area contributed by atoms with Crippen LogP contribution in [0.15, 0.2) is 29.3 Å². The van der Waals surface area contributed by atoms with Crippen LogP contribution in [0.2, 0.25) is 0 Å². The molecule has 3 nitrogen and oxygen atoms in total. The molecule has 0 amide bonds. The summed E-state index contributed by atoms with van der Waals surface area (Å²) in [6.07, 6.45) is -4.13. The van der Waals surface area contributed by atoms with Crippen LogP contribution in [0, 0.1) is 0 Å². The van der Waals surface area contributed by atoms with Gasteiger partial charge >= 0.3 is 6.18 Å². The van der Waals surface area contributed by atoms with E-state index in [1.807, 2.05) is 0 Å². The minimum Gasteiger partial charge on any atom is -0.387 e. The Bertz CT molecular complexity index is 416. The number of nitrogens with two attached hydrogens (primary N) is 1. The van der Waals surface area contributed by atoms with Crippen LogP contribution in [0.4, 0.5) is 13.2 Å². The second-order valence-corrected chi connectivity index (χ2v) is 3.74. The van der Waals surface area contributed by atoms with E-state index in [-0.39, 0.29) is 6.42 Å². The molecule has 0 heterocycles. The van der Waals surface area contributed by atoms with Crippen LogP contribution in [0.25, 0.3) is 0 Å². The molecule has 0 aliphatic carbocycles. The molecule has 0 aromatic heterocycles. The molecule has 6 heteroatoms. The maximum absolute atomic E-state index is 12.5. The van der Waals surface area contributed by atoms with E-state index in [9.17, 15) is 13.2 Å². The molecule has 0 saturated carbocycles. The van der Waals surface area contributed by atoms with Gasteiger partial charge in [0.25, 0.3) is 0 Å². The average Bonchev–Trinajstić information content (AvgIpc) is 2.28. The first kappa shape index (κ1) is 14.5. The summed E-state index contributed by atoms with van der Waals surface area (Å²) >= 11 is 0. The van der Waals surface area contributed by atoms with E-state index in [4.69, 9.17) is 10.5 Å². The van der Waals surface area contributed by atoms with E-state index in [0.717, 1.165) is 12.1 Å². The minimum atomic E-state index is -4.34. The Balaban J connectivity index is 2.70. The Hall–Kier alpha value is -1.56. The Labute approximate surface area is 103 Å². The first-order valence-corrected chi connectivity index (χ1v) is 5.37. The number of amidine groups is 1. The fraction of sp³-hybridized carbons (Fsp3) is 0.417. The van der Waals surface area contributed by atoms with E-state index in [1.54, 1.807) is 13.2 Å². The summed E-state index contributed by atoms with van der Waals surface area (Å²) in [4.78, 5) is 3.99. The molecule has 0 fully saturated rings. The Kier molecular flexibility index (Phi) is 5.15. The predicted molar refractivity (Wildman–Crippen MR) is 63.5 cm³/mol. The van der Waals surface area contributed by atoms with Crippen LogP contribution in [0.5, 0.6) is 0 Å². The third-order valence-corrected chi connectivity index (χ3v) is 2.25. The van der Waals surface area contributed by atoms with Crippen LogP contribution in [-0.2, 0) is 17.3 Å². The van der Waals surface area contributed by atoms with E-state index in [2.05, 4.69) is 4.99 Å². The van der Waals surface area contributed by atoms with Gasteiger partial charge in [-0.15, -0.1) is 0 Å². The second kappa shape index (κ2) is 6.39. The number of aliphatic imine (C=N–C) groups is 1. The van der Waals surface area contributed by atoms with Crippen molar-refractivity contribution in [2.45, 2.75) is 12.6 Å². The zero-order chi connectivity index (χ0) is 13.6. The maximum atomic E-state index is 12.5. The lowest BCUT2D eigenvalue weighted by atomic mass is 10.1. The average molecular weight is 260 g/mol. The van der Waals surface area contributed by atoms with Gasteiger partial charge in [-0.1, -0.05) is 18.2 Å². The zero-order valence-corrected chi connectivity index (χ0v) is 10.00. The summed E-state index contributed by atoms with van der Waals surface area (Å²) in [6.45, 7) is 0.838. The quantitative estimate of drug-likeness (QED) is 0.501. The summed E-state index contributed by atoms with van der Waals surface area (Å²) in [5, 5.41) is 0. The molecular formula is C12H15F3N2O. The van der Waals surface area contributed by atoms with Crippen LogP contribution < -0.4 is 5.73 Å². The Morgan fingerprint density at radius 3 is 2.72 bits per heavy atom. The summed E-state index contributed by atoms with van der Waals surface area (Å²) in [6, 6.07) is 5.06. The molecule has 0 radical (unpaired) electrons. The number of alkyl halides is 3. The number of hydrogen-bond acceptors (Lipinski definition) is 2. The van der Waals surface area contributed by atoms with Gasteiger partial charge in [0.05, 0.1) is 24.6 Å².